The number of carboxylic acid groups (broad SMARTS) is 1. The van der Waals surface area contributed by atoms with E-state index < -0.39 is 17.0 Å². The summed E-state index contributed by atoms with van der Waals surface area (Å²) in [6.45, 7) is 3.13. The summed E-state index contributed by atoms with van der Waals surface area (Å²) in [5.41, 5.74) is 1.97. The van der Waals surface area contributed by atoms with Crippen LogP contribution in [0.2, 0.25) is 0 Å². The minimum atomic E-state index is -1.15. The first-order valence-electron chi connectivity index (χ1n) is 10.7. The zero-order chi connectivity index (χ0) is 21.1. The molecule has 2 aliphatic carbocycles. The van der Waals surface area contributed by atoms with Gasteiger partial charge in [0.15, 0.2) is 0 Å². The fourth-order valence-electron chi connectivity index (χ4n) is 5.50. The van der Waals surface area contributed by atoms with Crippen molar-refractivity contribution in [2.24, 2.45) is 5.41 Å². The van der Waals surface area contributed by atoms with Crippen LogP contribution in [0.4, 0.5) is 0 Å². The van der Waals surface area contributed by atoms with Crippen LogP contribution in [0.1, 0.15) is 43.2 Å². The maximum atomic E-state index is 12.4. The quantitative estimate of drug-likeness (QED) is 0.816. The lowest BCUT2D eigenvalue weighted by Crippen LogP contribution is -2.47. The molecule has 3 aliphatic rings. The maximum absolute atomic E-state index is 12.4. The van der Waals surface area contributed by atoms with E-state index in [0.29, 0.717) is 45.2 Å². The number of carbonyl (C=O) groups excluding carboxylic acids is 1. The second kappa shape index (κ2) is 6.42. The van der Waals surface area contributed by atoms with Crippen LogP contribution >= 0.6 is 0 Å². The maximum Gasteiger partial charge on any atom is 0.314 e. The summed E-state index contributed by atoms with van der Waals surface area (Å²) in [6.07, 6.45) is 3.03. The smallest absolute Gasteiger partial charge is 0.314 e. The number of aliphatic hydroxyl groups is 1. The van der Waals surface area contributed by atoms with Gasteiger partial charge in [-0.15, -0.1) is 0 Å². The standard InChI is InChI=1S/C25H27NO4/c1-17-4-2-3-5-20(17)18-6-8-19(9-7-18)25(22(28)29)16-23(25)12-14-26(15-13-23)21(27)24(30)10-11-24/h2-9,30H,10-16H2,1H3,(H,28,29)/t25-/m0/s1. The van der Waals surface area contributed by atoms with Crippen molar-refractivity contribution < 1.29 is 19.8 Å². The molecule has 30 heavy (non-hydrogen) atoms. The summed E-state index contributed by atoms with van der Waals surface area (Å²) < 4.78 is 0. The zero-order valence-electron chi connectivity index (χ0n) is 17.2. The average molecular weight is 405 g/mol. The first-order valence-corrected chi connectivity index (χ1v) is 10.7. The molecule has 1 amide bonds. The summed E-state index contributed by atoms with van der Waals surface area (Å²) >= 11 is 0. The minimum absolute atomic E-state index is 0.179. The molecular formula is C25H27NO4. The van der Waals surface area contributed by atoms with Crippen LogP contribution in [-0.4, -0.2) is 45.7 Å². The highest BCUT2D eigenvalue weighted by Gasteiger charge is 2.73. The Balaban J connectivity index is 1.37. The zero-order valence-corrected chi connectivity index (χ0v) is 17.2. The molecule has 1 atom stereocenters. The fourth-order valence-corrected chi connectivity index (χ4v) is 5.50. The second-order valence-corrected chi connectivity index (χ2v) is 9.38. The third-order valence-corrected chi connectivity index (χ3v) is 7.71. The van der Waals surface area contributed by atoms with Crippen molar-refractivity contribution in [3.05, 3.63) is 59.7 Å². The van der Waals surface area contributed by atoms with E-state index in [1.54, 1.807) is 4.90 Å². The first-order chi connectivity index (χ1) is 14.3. The van der Waals surface area contributed by atoms with Gasteiger partial charge < -0.3 is 15.1 Å². The molecular weight excluding hydrogens is 378 g/mol. The van der Waals surface area contributed by atoms with Crippen molar-refractivity contribution in [3.8, 4) is 11.1 Å². The lowest BCUT2D eigenvalue weighted by atomic mass is 9.79. The Bertz CT molecular complexity index is 1020. The average Bonchev–Trinajstić information content (AvgIpc) is 3.65. The Morgan fingerprint density at radius 3 is 2.13 bits per heavy atom. The number of hydrogen-bond donors (Lipinski definition) is 2. The van der Waals surface area contributed by atoms with Crippen LogP contribution < -0.4 is 0 Å². The summed E-state index contributed by atoms with van der Waals surface area (Å²) in [4.78, 5) is 26.6. The highest BCUT2D eigenvalue weighted by molar-refractivity contribution is 5.89. The number of benzene rings is 2. The molecule has 2 aromatic carbocycles. The number of carboxylic acids is 1. The Hall–Kier alpha value is -2.66. The number of hydrogen-bond acceptors (Lipinski definition) is 3. The van der Waals surface area contributed by atoms with Crippen LogP contribution in [0.3, 0.4) is 0 Å². The molecule has 1 heterocycles. The molecule has 0 bridgehead atoms. The lowest BCUT2D eigenvalue weighted by molar-refractivity contribution is -0.145. The molecule has 0 unspecified atom stereocenters. The van der Waals surface area contributed by atoms with Crippen molar-refractivity contribution in [2.75, 3.05) is 13.1 Å². The van der Waals surface area contributed by atoms with Gasteiger partial charge in [0.1, 0.15) is 5.60 Å². The van der Waals surface area contributed by atoms with E-state index in [4.69, 9.17) is 0 Å². The molecule has 0 aromatic heterocycles. The van der Waals surface area contributed by atoms with Gasteiger partial charge in [-0.3, -0.25) is 9.59 Å². The largest absolute Gasteiger partial charge is 0.481 e. The van der Waals surface area contributed by atoms with Crippen molar-refractivity contribution in [2.45, 2.75) is 50.0 Å². The van der Waals surface area contributed by atoms with Crippen LogP contribution in [0.25, 0.3) is 11.1 Å². The van der Waals surface area contributed by atoms with Crippen LogP contribution in [0.15, 0.2) is 48.5 Å². The number of likely N-dealkylation sites (tertiary alicyclic amines) is 1. The number of aliphatic carboxylic acids is 1. The highest BCUT2D eigenvalue weighted by Crippen LogP contribution is 2.69. The van der Waals surface area contributed by atoms with Gasteiger partial charge in [0.05, 0.1) is 5.41 Å². The van der Waals surface area contributed by atoms with Crippen molar-refractivity contribution >= 4 is 11.9 Å². The minimum Gasteiger partial charge on any atom is -0.481 e. The fraction of sp³-hybridized carbons (Fsp3) is 0.440. The number of amides is 1. The van der Waals surface area contributed by atoms with Crippen LogP contribution in [0.5, 0.6) is 0 Å². The summed E-state index contributed by atoms with van der Waals surface area (Å²) in [5.74, 6) is -0.951. The van der Waals surface area contributed by atoms with Gasteiger partial charge in [-0.05, 0) is 66.7 Å². The third kappa shape index (κ3) is 2.72. The Kier molecular flexibility index (Phi) is 4.13. The molecule has 3 fully saturated rings. The molecule has 0 radical (unpaired) electrons. The summed E-state index contributed by atoms with van der Waals surface area (Å²) in [5, 5.41) is 20.3. The lowest BCUT2D eigenvalue weighted by Gasteiger charge is -2.36. The molecule has 2 aromatic rings. The second-order valence-electron chi connectivity index (χ2n) is 9.38. The van der Waals surface area contributed by atoms with E-state index in [-0.39, 0.29) is 11.3 Å². The summed E-state index contributed by atoms with van der Waals surface area (Å²) in [6, 6.07) is 16.2. The summed E-state index contributed by atoms with van der Waals surface area (Å²) in [7, 11) is 0. The van der Waals surface area contributed by atoms with E-state index in [1.807, 2.05) is 36.4 Å². The molecule has 5 nitrogen and oxygen atoms in total. The number of piperidine rings is 1. The molecule has 2 saturated carbocycles. The predicted molar refractivity (Wildman–Crippen MR) is 113 cm³/mol. The monoisotopic (exact) mass is 405 g/mol. The van der Waals surface area contributed by atoms with Crippen LogP contribution in [0, 0.1) is 12.3 Å². The van der Waals surface area contributed by atoms with Crippen molar-refractivity contribution in [1.82, 2.24) is 4.90 Å². The molecule has 2 N–H and O–H groups in total. The van der Waals surface area contributed by atoms with E-state index >= 15 is 0 Å². The van der Waals surface area contributed by atoms with Gasteiger partial charge in [0.25, 0.3) is 5.91 Å². The van der Waals surface area contributed by atoms with Gasteiger partial charge in [0.2, 0.25) is 0 Å². The molecule has 5 rings (SSSR count). The van der Waals surface area contributed by atoms with Gasteiger partial charge in [0, 0.05) is 13.1 Å². The normalized spacial score (nSPS) is 25.7. The van der Waals surface area contributed by atoms with Gasteiger partial charge >= 0.3 is 5.97 Å². The topological polar surface area (TPSA) is 77.8 Å². The third-order valence-electron chi connectivity index (χ3n) is 7.71. The molecule has 1 spiro atoms. The van der Waals surface area contributed by atoms with E-state index in [1.165, 1.54) is 5.56 Å². The number of carbonyl (C=O) groups is 2. The van der Waals surface area contributed by atoms with E-state index in [2.05, 4.69) is 19.1 Å². The van der Waals surface area contributed by atoms with Gasteiger partial charge in [-0.25, -0.2) is 0 Å². The number of nitrogens with zero attached hydrogens (tertiary/aromatic N) is 1. The molecule has 156 valence electrons. The Morgan fingerprint density at radius 1 is 0.933 bits per heavy atom. The molecule has 5 heteroatoms. The van der Waals surface area contributed by atoms with Crippen LogP contribution in [-0.2, 0) is 15.0 Å². The Labute approximate surface area is 176 Å². The first kappa shape index (κ1) is 19.3. The van der Waals surface area contributed by atoms with E-state index in [0.717, 1.165) is 16.7 Å². The number of rotatable bonds is 4. The number of aryl methyl sites for hydroxylation is 1. The van der Waals surface area contributed by atoms with Crippen molar-refractivity contribution in [3.63, 3.8) is 0 Å². The SMILES string of the molecule is Cc1ccccc1-c1ccc([C@]2(C(=O)O)CC23CCN(C(=O)C2(O)CC2)CC3)cc1. The Morgan fingerprint density at radius 2 is 1.57 bits per heavy atom. The van der Waals surface area contributed by atoms with E-state index in [9.17, 15) is 19.8 Å². The molecule has 1 aliphatic heterocycles. The van der Waals surface area contributed by atoms with Gasteiger partial charge in [-0.1, -0.05) is 48.5 Å². The highest BCUT2D eigenvalue weighted by atomic mass is 16.4. The molecule has 1 saturated heterocycles. The van der Waals surface area contributed by atoms with Gasteiger partial charge in [-0.2, -0.15) is 0 Å². The van der Waals surface area contributed by atoms with Crippen molar-refractivity contribution in [1.29, 1.82) is 0 Å². The predicted octanol–water partition coefficient (Wildman–Crippen LogP) is 3.52.